The topological polar surface area (TPSA) is 89.2 Å². The maximum atomic E-state index is 12.1. The molecule has 1 aliphatic heterocycles. The fourth-order valence-electron chi connectivity index (χ4n) is 2.10. The van der Waals surface area contributed by atoms with Crippen LogP contribution >= 0.6 is 11.8 Å². The lowest BCUT2D eigenvalue weighted by Crippen LogP contribution is -2.51. The molecule has 2 N–H and O–H groups in total. The number of thioether (sulfide) groups is 1. The number of hydrogen-bond acceptors (Lipinski definition) is 5. The van der Waals surface area contributed by atoms with Crippen LogP contribution in [0.1, 0.15) is 19.3 Å². The molecule has 2 amide bonds. The summed E-state index contributed by atoms with van der Waals surface area (Å²) < 4.78 is 0. The number of nitrogens with zero attached hydrogens (tertiary/aromatic N) is 3. The minimum absolute atomic E-state index is 0.0825. The van der Waals surface area contributed by atoms with Gasteiger partial charge in [0.2, 0.25) is 11.8 Å². The third-order valence-electron chi connectivity index (χ3n) is 3.02. The quantitative estimate of drug-likeness (QED) is 0.638. The van der Waals surface area contributed by atoms with Crippen molar-refractivity contribution in [2.24, 2.45) is 5.73 Å². The molecule has 19 heavy (non-hydrogen) atoms. The Bertz CT molecular complexity index is 454. The number of carbonyl (C=O) groups is 2. The molecule has 7 heteroatoms. The number of likely N-dealkylation sites (tertiary alicyclic amines) is 1. The van der Waals surface area contributed by atoms with Crippen molar-refractivity contribution in [2.45, 2.75) is 30.5 Å². The van der Waals surface area contributed by atoms with Crippen molar-refractivity contribution in [3.63, 3.8) is 0 Å². The van der Waals surface area contributed by atoms with E-state index in [-0.39, 0.29) is 11.7 Å². The van der Waals surface area contributed by atoms with Crippen LogP contribution in [0.25, 0.3) is 0 Å². The van der Waals surface area contributed by atoms with E-state index in [4.69, 9.17) is 5.73 Å². The van der Waals surface area contributed by atoms with Gasteiger partial charge in [-0.05, 0) is 25.3 Å². The lowest BCUT2D eigenvalue weighted by atomic mass is 10.0. The SMILES string of the molecule is NC(=O)[C@@H]1CCCCN1C(=O)CSc1ncccn1. The van der Waals surface area contributed by atoms with Gasteiger partial charge in [0.1, 0.15) is 6.04 Å². The summed E-state index contributed by atoms with van der Waals surface area (Å²) in [6.45, 7) is 0.600. The number of hydrogen-bond donors (Lipinski definition) is 1. The van der Waals surface area contributed by atoms with E-state index in [0.29, 0.717) is 18.1 Å². The smallest absolute Gasteiger partial charge is 0.240 e. The molecule has 0 aromatic carbocycles. The largest absolute Gasteiger partial charge is 0.368 e. The second kappa shape index (κ2) is 6.51. The summed E-state index contributed by atoms with van der Waals surface area (Å²) in [4.78, 5) is 33.1. The number of primary amides is 1. The first-order valence-electron chi connectivity index (χ1n) is 6.17. The molecule has 1 aromatic rings. The number of piperidine rings is 1. The zero-order chi connectivity index (χ0) is 13.7. The summed E-state index contributed by atoms with van der Waals surface area (Å²) in [6.07, 6.45) is 5.78. The van der Waals surface area contributed by atoms with E-state index in [2.05, 4.69) is 9.97 Å². The van der Waals surface area contributed by atoms with E-state index in [9.17, 15) is 9.59 Å². The summed E-state index contributed by atoms with van der Waals surface area (Å²) in [5.74, 6) is -0.275. The average Bonchev–Trinajstić information content (AvgIpc) is 2.46. The molecule has 2 rings (SSSR count). The molecule has 0 saturated carbocycles. The van der Waals surface area contributed by atoms with Crippen molar-refractivity contribution in [2.75, 3.05) is 12.3 Å². The molecule has 1 atom stereocenters. The van der Waals surface area contributed by atoms with Crippen LogP contribution in [0.3, 0.4) is 0 Å². The molecular formula is C12H16N4O2S. The van der Waals surface area contributed by atoms with E-state index in [0.717, 1.165) is 12.8 Å². The minimum Gasteiger partial charge on any atom is -0.368 e. The number of rotatable bonds is 4. The molecule has 1 saturated heterocycles. The van der Waals surface area contributed by atoms with Crippen LogP contribution in [0.2, 0.25) is 0 Å². The normalized spacial score (nSPS) is 19.2. The van der Waals surface area contributed by atoms with Crippen LogP contribution in [0.15, 0.2) is 23.6 Å². The zero-order valence-electron chi connectivity index (χ0n) is 10.5. The summed E-state index contributed by atoms with van der Waals surface area (Å²) in [5, 5.41) is 0.559. The van der Waals surface area contributed by atoms with Crippen molar-refractivity contribution in [1.29, 1.82) is 0 Å². The maximum absolute atomic E-state index is 12.1. The van der Waals surface area contributed by atoms with Crippen molar-refractivity contribution >= 4 is 23.6 Å². The number of carbonyl (C=O) groups excluding carboxylic acids is 2. The predicted molar refractivity (Wildman–Crippen MR) is 71.3 cm³/mol. The monoisotopic (exact) mass is 280 g/mol. The van der Waals surface area contributed by atoms with Gasteiger partial charge in [0.05, 0.1) is 5.75 Å². The van der Waals surface area contributed by atoms with E-state index in [1.54, 1.807) is 23.4 Å². The highest BCUT2D eigenvalue weighted by atomic mass is 32.2. The first kappa shape index (κ1) is 13.8. The van der Waals surface area contributed by atoms with Crippen molar-refractivity contribution < 1.29 is 9.59 Å². The molecule has 0 unspecified atom stereocenters. The van der Waals surface area contributed by atoms with Gasteiger partial charge in [0.15, 0.2) is 5.16 Å². The highest BCUT2D eigenvalue weighted by Crippen LogP contribution is 2.19. The Balaban J connectivity index is 1.93. The number of nitrogens with two attached hydrogens (primary N) is 1. The average molecular weight is 280 g/mol. The third-order valence-corrected chi connectivity index (χ3v) is 3.88. The number of amides is 2. The van der Waals surface area contributed by atoms with Crippen LogP contribution in [-0.4, -0.2) is 45.0 Å². The van der Waals surface area contributed by atoms with Gasteiger partial charge in [-0.15, -0.1) is 0 Å². The van der Waals surface area contributed by atoms with Gasteiger partial charge in [0, 0.05) is 18.9 Å². The lowest BCUT2D eigenvalue weighted by Gasteiger charge is -2.33. The van der Waals surface area contributed by atoms with E-state index in [1.807, 2.05) is 0 Å². The predicted octanol–water partition coefficient (Wildman–Crippen LogP) is 0.435. The summed E-state index contributed by atoms with van der Waals surface area (Å²) in [7, 11) is 0. The summed E-state index contributed by atoms with van der Waals surface area (Å²) >= 11 is 1.27. The van der Waals surface area contributed by atoms with Crippen LogP contribution in [0.4, 0.5) is 0 Å². The van der Waals surface area contributed by atoms with E-state index in [1.165, 1.54) is 11.8 Å². The van der Waals surface area contributed by atoms with Crippen molar-refractivity contribution in [3.8, 4) is 0 Å². The van der Waals surface area contributed by atoms with E-state index >= 15 is 0 Å². The Labute approximate surface area is 115 Å². The molecule has 6 nitrogen and oxygen atoms in total. The molecule has 1 aromatic heterocycles. The third kappa shape index (κ3) is 3.66. The van der Waals surface area contributed by atoms with E-state index < -0.39 is 11.9 Å². The Morgan fingerprint density at radius 3 is 2.79 bits per heavy atom. The molecule has 1 fully saturated rings. The molecule has 1 aliphatic rings. The van der Waals surface area contributed by atoms with Gasteiger partial charge >= 0.3 is 0 Å². The first-order chi connectivity index (χ1) is 9.18. The second-order valence-electron chi connectivity index (χ2n) is 4.32. The molecule has 0 radical (unpaired) electrons. The Morgan fingerprint density at radius 2 is 2.11 bits per heavy atom. The van der Waals surface area contributed by atoms with Gasteiger partial charge in [-0.25, -0.2) is 9.97 Å². The molecular weight excluding hydrogens is 264 g/mol. The highest BCUT2D eigenvalue weighted by Gasteiger charge is 2.30. The Hall–Kier alpha value is -1.63. The van der Waals surface area contributed by atoms with Crippen LogP contribution < -0.4 is 5.73 Å². The molecule has 0 bridgehead atoms. The van der Waals surface area contributed by atoms with Gasteiger partial charge in [0.25, 0.3) is 0 Å². The van der Waals surface area contributed by atoms with Crippen LogP contribution in [-0.2, 0) is 9.59 Å². The fraction of sp³-hybridized carbons (Fsp3) is 0.500. The standard InChI is InChI=1S/C12H16N4O2S/c13-11(18)9-4-1-2-7-16(9)10(17)8-19-12-14-5-3-6-15-12/h3,5-6,9H,1-2,4,7-8H2,(H2,13,18)/t9-/m0/s1. The molecule has 2 heterocycles. The highest BCUT2D eigenvalue weighted by molar-refractivity contribution is 7.99. The fourth-order valence-corrected chi connectivity index (χ4v) is 2.78. The minimum atomic E-state index is -0.460. The lowest BCUT2D eigenvalue weighted by molar-refractivity contribution is -0.138. The maximum Gasteiger partial charge on any atom is 0.240 e. The van der Waals surface area contributed by atoms with Gasteiger partial charge < -0.3 is 10.6 Å². The van der Waals surface area contributed by atoms with Crippen molar-refractivity contribution in [3.05, 3.63) is 18.5 Å². The van der Waals surface area contributed by atoms with Crippen LogP contribution in [0.5, 0.6) is 0 Å². The van der Waals surface area contributed by atoms with Gasteiger partial charge in [-0.3, -0.25) is 9.59 Å². The summed E-state index contributed by atoms with van der Waals surface area (Å²) in [6, 6.07) is 1.26. The number of aromatic nitrogens is 2. The zero-order valence-corrected chi connectivity index (χ0v) is 11.3. The Kier molecular flexibility index (Phi) is 4.73. The second-order valence-corrected chi connectivity index (χ2v) is 5.26. The molecule has 0 spiro atoms. The van der Waals surface area contributed by atoms with Gasteiger partial charge in [-0.2, -0.15) is 0 Å². The van der Waals surface area contributed by atoms with Gasteiger partial charge in [-0.1, -0.05) is 11.8 Å². The van der Waals surface area contributed by atoms with Crippen LogP contribution in [0, 0.1) is 0 Å². The molecule has 102 valence electrons. The van der Waals surface area contributed by atoms with Crippen molar-refractivity contribution in [1.82, 2.24) is 14.9 Å². The molecule has 0 aliphatic carbocycles. The first-order valence-corrected chi connectivity index (χ1v) is 7.15. The summed E-state index contributed by atoms with van der Waals surface area (Å²) in [5.41, 5.74) is 5.34. The Morgan fingerprint density at radius 1 is 1.37 bits per heavy atom.